The molecular weight excluding hydrogens is 477 g/mol. The number of likely N-dealkylation sites (tertiary alicyclic amines) is 1. The first-order valence-corrected chi connectivity index (χ1v) is 14.0. The van der Waals surface area contributed by atoms with E-state index in [0.717, 1.165) is 43.5 Å². The van der Waals surface area contributed by atoms with E-state index in [1.54, 1.807) is 5.38 Å². The molecule has 1 aliphatic heterocycles. The fourth-order valence-electron chi connectivity index (χ4n) is 5.67. The summed E-state index contributed by atoms with van der Waals surface area (Å²) in [5.41, 5.74) is 0.713. The highest BCUT2D eigenvalue weighted by Gasteiger charge is 2.42. The number of hydrogen-bond acceptors (Lipinski definition) is 6. The van der Waals surface area contributed by atoms with Crippen LogP contribution in [-0.2, 0) is 9.59 Å². The van der Waals surface area contributed by atoms with Gasteiger partial charge in [-0.05, 0) is 69.8 Å². The molecule has 194 valence electrons. The largest absolute Gasteiger partial charge is 0.332 e. The van der Waals surface area contributed by atoms with E-state index in [0.29, 0.717) is 24.2 Å². The highest BCUT2D eigenvalue weighted by atomic mass is 32.1. The zero-order valence-corrected chi connectivity index (χ0v) is 22.2. The maximum Gasteiger partial charge on any atom is 0.240 e. The Bertz CT molecular complexity index is 1080. The minimum Gasteiger partial charge on any atom is -0.332 e. The van der Waals surface area contributed by atoms with E-state index < -0.39 is 5.82 Å². The number of carbonyl (C=O) groups is 3. The van der Waals surface area contributed by atoms with Gasteiger partial charge in [-0.2, -0.15) is 0 Å². The number of carbonyl (C=O) groups excluding carboxylic acids is 3. The summed E-state index contributed by atoms with van der Waals surface area (Å²) in [7, 11) is 1.92. The fraction of sp³-hybridized carbons (Fsp3) is 0.571. The normalized spacial score (nSPS) is 20.5. The Kier molecular flexibility index (Phi) is 8.67. The van der Waals surface area contributed by atoms with Gasteiger partial charge in [-0.1, -0.05) is 26.2 Å². The van der Waals surface area contributed by atoms with Gasteiger partial charge in [0.05, 0.1) is 18.1 Å². The van der Waals surface area contributed by atoms with Gasteiger partial charge in [0.1, 0.15) is 22.3 Å². The van der Waals surface area contributed by atoms with Crippen molar-refractivity contribution in [1.29, 1.82) is 0 Å². The molecule has 2 aliphatic rings. The third kappa shape index (κ3) is 5.59. The number of benzene rings is 1. The van der Waals surface area contributed by atoms with Crippen molar-refractivity contribution < 1.29 is 18.8 Å². The minimum atomic E-state index is -0.391. The molecule has 2 heterocycles. The van der Waals surface area contributed by atoms with Crippen LogP contribution in [0.3, 0.4) is 0 Å². The first-order valence-electron chi connectivity index (χ1n) is 13.1. The molecular formula is C28H36FN3O3S. The minimum absolute atomic E-state index is 0.0734. The second-order valence-electron chi connectivity index (χ2n) is 10.1. The fourth-order valence-corrected chi connectivity index (χ4v) is 6.62. The lowest BCUT2D eigenvalue weighted by Gasteiger charge is -2.41. The molecule has 3 atom stereocenters. The summed E-state index contributed by atoms with van der Waals surface area (Å²) in [6.45, 7) is 4.43. The molecule has 8 heteroatoms. The molecule has 2 fully saturated rings. The van der Waals surface area contributed by atoms with Gasteiger partial charge in [-0.15, -0.1) is 11.3 Å². The molecule has 0 N–H and O–H groups in total. The highest BCUT2D eigenvalue weighted by molar-refractivity contribution is 7.10. The van der Waals surface area contributed by atoms with Crippen molar-refractivity contribution in [2.45, 2.75) is 83.3 Å². The third-order valence-corrected chi connectivity index (χ3v) is 8.84. The van der Waals surface area contributed by atoms with E-state index in [2.05, 4.69) is 4.98 Å². The average Bonchev–Trinajstić information content (AvgIpc) is 3.58. The van der Waals surface area contributed by atoms with Gasteiger partial charge < -0.3 is 4.90 Å². The molecule has 1 saturated carbocycles. The summed E-state index contributed by atoms with van der Waals surface area (Å²) in [6.07, 6.45) is 7.55. The zero-order chi connectivity index (χ0) is 25.8. The van der Waals surface area contributed by atoms with Gasteiger partial charge in [-0.25, -0.2) is 9.37 Å². The first-order chi connectivity index (χ1) is 17.3. The number of rotatable bonds is 9. The van der Waals surface area contributed by atoms with E-state index in [4.69, 9.17) is 0 Å². The van der Waals surface area contributed by atoms with Crippen molar-refractivity contribution in [2.75, 3.05) is 13.6 Å². The Hall–Kier alpha value is -2.45. The Morgan fingerprint density at radius 3 is 2.47 bits per heavy atom. The predicted molar refractivity (Wildman–Crippen MR) is 139 cm³/mol. The number of nitrogens with zero attached hydrogens (tertiary/aromatic N) is 3. The topological polar surface area (TPSA) is 70.6 Å². The number of hydrogen-bond donors (Lipinski definition) is 0. The maximum atomic E-state index is 14.1. The van der Waals surface area contributed by atoms with Crippen LogP contribution in [0.4, 0.5) is 4.39 Å². The van der Waals surface area contributed by atoms with E-state index in [1.165, 1.54) is 42.0 Å². The smallest absolute Gasteiger partial charge is 0.240 e. The van der Waals surface area contributed by atoms with Crippen molar-refractivity contribution in [3.05, 3.63) is 51.7 Å². The molecule has 1 saturated heterocycles. The first kappa shape index (κ1) is 26.6. The van der Waals surface area contributed by atoms with E-state index >= 15 is 0 Å². The third-order valence-electron chi connectivity index (χ3n) is 7.90. The van der Waals surface area contributed by atoms with Crippen LogP contribution in [0.1, 0.15) is 92.3 Å². The molecule has 0 spiro atoms. The lowest BCUT2D eigenvalue weighted by atomic mass is 9.82. The Morgan fingerprint density at radius 1 is 1.11 bits per heavy atom. The van der Waals surface area contributed by atoms with Crippen molar-refractivity contribution in [3.8, 4) is 0 Å². The summed E-state index contributed by atoms with van der Waals surface area (Å²) in [4.78, 5) is 48.1. The van der Waals surface area contributed by atoms with E-state index in [9.17, 15) is 18.8 Å². The zero-order valence-electron chi connectivity index (χ0n) is 21.4. The van der Waals surface area contributed by atoms with Gasteiger partial charge in [0.2, 0.25) is 11.7 Å². The summed E-state index contributed by atoms with van der Waals surface area (Å²) in [6, 6.07) is 4.64. The molecule has 1 aliphatic carbocycles. The van der Waals surface area contributed by atoms with Gasteiger partial charge in [-0.3, -0.25) is 19.3 Å². The van der Waals surface area contributed by atoms with E-state index in [1.807, 2.05) is 30.7 Å². The number of aromatic nitrogens is 1. The molecule has 0 bridgehead atoms. The molecule has 4 rings (SSSR count). The number of amides is 1. The van der Waals surface area contributed by atoms with Crippen LogP contribution < -0.4 is 0 Å². The molecule has 0 unspecified atom stereocenters. The summed E-state index contributed by atoms with van der Waals surface area (Å²) < 4.78 is 13.3. The second-order valence-corrected chi connectivity index (χ2v) is 11.0. The quantitative estimate of drug-likeness (QED) is 0.419. The van der Waals surface area contributed by atoms with Crippen LogP contribution in [0, 0.1) is 11.7 Å². The molecule has 0 radical (unpaired) electrons. The highest BCUT2D eigenvalue weighted by Crippen LogP contribution is 2.38. The number of thiazole rings is 1. The number of halogens is 1. The van der Waals surface area contributed by atoms with Crippen LogP contribution >= 0.6 is 11.3 Å². The van der Waals surface area contributed by atoms with Crippen molar-refractivity contribution in [1.82, 2.24) is 14.8 Å². The number of likely N-dealkylation sites (N-methyl/N-ethyl adjacent to an activating group) is 1. The van der Waals surface area contributed by atoms with Gasteiger partial charge in [0.25, 0.3) is 0 Å². The van der Waals surface area contributed by atoms with Crippen LogP contribution in [0.2, 0.25) is 0 Å². The Morgan fingerprint density at radius 2 is 1.81 bits per heavy atom. The molecule has 36 heavy (non-hydrogen) atoms. The molecule has 2 aromatic rings. The average molecular weight is 514 g/mol. The second kappa shape index (κ2) is 11.7. The van der Waals surface area contributed by atoms with Crippen LogP contribution in [0.15, 0.2) is 29.6 Å². The standard InChI is InChI=1S/C28H36FN3O3S/c1-4-24(33)18(2)31(3)25(19-9-6-5-7-10-19)28(35)32-16-8-11-23(32)27-30-22(17-36-27)26(34)20-12-14-21(29)15-13-20/h12-15,17-19,23,25H,4-11,16H2,1-3H3/t18-,23-,25-/m0/s1. The SMILES string of the molecule is CCC(=O)[C@H](C)N(C)[C@H](C(=O)N1CCC[C@H]1c1nc(C(=O)c2ccc(F)cc2)cs1)C1CCCCC1. The van der Waals surface area contributed by atoms with Gasteiger partial charge >= 0.3 is 0 Å². The van der Waals surface area contributed by atoms with Gasteiger partial charge in [0, 0.05) is 23.9 Å². The van der Waals surface area contributed by atoms with Crippen LogP contribution in [0.25, 0.3) is 0 Å². The lowest BCUT2D eigenvalue weighted by Crippen LogP contribution is -2.55. The molecule has 1 aromatic carbocycles. The van der Waals surface area contributed by atoms with Gasteiger partial charge in [0.15, 0.2) is 0 Å². The van der Waals surface area contributed by atoms with E-state index in [-0.39, 0.29) is 41.5 Å². The summed E-state index contributed by atoms with van der Waals surface area (Å²) in [5, 5.41) is 2.49. The van der Waals surface area contributed by atoms with Crippen molar-refractivity contribution >= 4 is 28.8 Å². The summed E-state index contributed by atoms with van der Waals surface area (Å²) in [5.74, 6) is -0.188. The Labute approximate surface area is 216 Å². The number of ketones is 2. The van der Waals surface area contributed by atoms with Crippen molar-refractivity contribution in [3.63, 3.8) is 0 Å². The van der Waals surface area contributed by atoms with Crippen LogP contribution in [-0.4, -0.2) is 57.9 Å². The molecule has 6 nitrogen and oxygen atoms in total. The monoisotopic (exact) mass is 513 g/mol. The molecule has 1 amide bonds. The molecule has 1 aromatic heterocycles. The predicted octanol–water partition coefficient (Wildman–Crippen LogP) is 5.43. The number of Topliss-reactive ketones (excluding diaryl/α,β-unsaturated/α-hetero) is 1. The van der Waals surface area contributed by atoms with Crippen molar-refractivity contribution in [2.24, 2.45) is 5.92 Å². The Balaban J connectivity index is 1.56. The van der Waals surface area contributed by atoms with Crippen LogP contribution in [0.5, 0.6) is 0 Å². The maximum absolute atomic E-state index is 14.1. The summed E-state index contributed by atoms with van der Waals surface area (Å²) >= 11 is 1.40. The lowest BCUT2D eigenvalue weighted by molar-refractivity contribution is -0.142.